The SMILES string of the molecule is O[C@H](c1ccc(N2CCN(c3ccc(-c4ccc(C(F)(F)[C@](O)(Cn5cnnn5)c5ccc(F)cc5F)nc4)cc3)CC2)nc1)C(F)(F)F. The topological polar surface area (TPSA) is 116 Å². The molecule has 17 heteroatoms. The Morgan fingerprint density at radius 2 is 1.47 bits per heavy atom. The molecule has 49 heavy (non-hydrogen) atoms. The second-order valence-electron chi connectivity index (χ2n) is 11.4. The number of hydrogen-bond acceptors (Lipinski definition) is 9. The maximum Gasteiger partial charge on any atom is 0.418 e. The molecule has 10 nitrogen and oxygen atoms in total. The van der Waals surface area contributed by atoms with Crippen molar-refractivity contribution in [2.24, 2.45) is 0 Å². The Hall–Kier alpha value is -5.16. The molecule has 256 valence electrons. The molecule has 1 fully saturated rings. The maximum absolute atomic E-state index is 16.1. The summed E-state index contributed by atoms with van der Waals surface area (Å²) >= 11 is 0. The molecule has 0 bridgehead atoms. The molecule has 0 unspecified atom stereocenters. The van der Waals surface area contributed by atoms with Crippen LogP contribution in [0.2, 0.25) is 0 Å². The van der Waals surface area contributed by atoms with Crippen molar-refractivity contribution in [3.63, 3.8) is 0 Å². The summed E-state index contributed by atoms with van der Waals surface area (Å²) in [5, 5.41) is 31.0. The van der Waals surface area contributed by atoms with Crippen molar-refractivity contribution in [3.8, 4) is 11.1 Å². The zero-order valence-corrected chi connectivity index (χ0v) is 25.3. The maximum atomic E-state index is 16.1. The van der Waals surface area contributed by atoms with Crippen LogP contribution in [0, 0.1) is 11.6 Å². The molecule has 0 amide bonds. The fourth-order valence-electron chi connectivity index (χ4n) is 5.62. The normalized spacial score (nSPS) is 16.0. The van der Waals surface area contributed by atoms with Gasteiger partial charge in [-0.05, 0) is 52.4 Å². The third-order valence-corrected chi connectivity index (χ3v) is 8.33. The Labute approximate surface area is 274 Å². The molecule has 1 saturated heterocycles. The van der Waals surface area contributed by atoms with Crippen molar-refractivity contribution >= 4 is 11.5 Å². The molecule has 1 aliphatic rings. The van der Waals surface area contributed by atoms with Crippen LogP contribution in [-0.4, -0.2) is 72.7 Å². The Balaban J connectivity index is 1.14. The van der Waals surface area contributed by atoms with Crippen molar-refractivity contribution in [2.45, 2.75) is 30.3 Å². The lowest BCUT2D eigenvalue weighted by molar-refractivity contribution is -0.207. The average Bonchev–Trinajstić information content (AvgIpc) is 3.60. The van der Waals surface area contributed by atoms with Gasteiger partial charge in [0.25, 0.3) is 0 Å². The summed E-state index contributed by atoms with van der Waals surface area (Å²) in [4.78, 5) is 12.0. The summed E-state index contributed by atoms with van der Waals surface area (Å²) in [5.41, 5.74) is -3.31. The van der Waals surface area contributed by atoms with Crippen molar-refractivity contribution in [1.82, 2.24) is 30.2 Å². The second kappa shape index (κ2) is 13.0. The van der Waals surface area contributed by atoms with Gasteiger partial charge in [-0.15, -0.1) is 5.10 Å². The van der Waals surface area contributed by atoms with Gasteiger partial charge in [0.05, 0.1) is 6.54 Å². The molecule has 3 aromatic heterocycles. The summed E-state index contributed by atoms with van der Waals surface area (Å²) < 4.78 is 99.7. The van der Waals surface area contributed by atoms with E-state index in [1.807, 2.05) is 17.0 Å². The number of nitrogens with zero attached hydrogens (tertiary/aromatic N) is 8. The van der Waals surface area contributed by atoms with E-state index in [1.54, 1.807) is 12.1 Å². The number of tetrazole rings is 1. The molecule has 2 aromatic carbocycles. The molecule has 0 radical (unpaired) electrons. The van der Waals surface area contributed by atoms with Gasteiger partial charge >= 0.3 is 12.1 Å². The molecule has 5 aromatic rings. The van der Waals surface area contributed by atoms with Crippen LogP contribution in [0.15, 0.2) is 85.5 Å². The van der Waals surface area contributed by atoms with Gasteiger partial charge in [-0.25, -0.2) is 18.4 Å². The summed E-state index contributed by atoms with van der Waals surface area (Å²) in [5.74, 6) is -6.10. The third kappa shape index (κ3) is 6.76. The van der Waals surface area contributed by atoms with E-state index in [0.717, 1.165) is 41.1 Å². The lowest BCUT2D eigenvalue weighted by Gasteiger charge is -2.37. The van der Waals surface area contributed by atoms with E-state index in [2.05, 4.69) is 30.4 Å². The van der Waals surface area contributed by atoms with Crippen LogP contribution in [0.1, 0.15) is 22.9 Å². The minimum atomic E-state index is -4.78. The van der Waals surface area contributed by atoms with E-state index < -0.39 is 53.2 Å². The highest BCUT2D eigenvalue weighted by Gasteiger charge is 2.58. The summed E-state index contributed by atoms with van der Waals surface area (Å²) in [6.07, 6.45) is -4.20. The van der Waals surface area contributed by atoms with Gasteiger partial charge in [0, 0.05) is 67.0 Å². The Kier molecular flexibility index (Phi) is 8.98. The van der Waals surface area contributed by atoms with Crippen LogP contribution in [0.25, 0.3) is 11.1 Å². The average molecular weight is 689 g/mol. The van der Waals surface area contributed by atoms with Crippen molar-refractivity contribution in [1.29, 1.82) is 0 Å². The summed E-state index contributed by atoms with van der Waals surface area (Å²) in [6, 6.07) is 14.2. The molecule has 1 aliphatic heterocycles. The van der Waals surface area contributed by atoms with Gasteiger partial charge in [-0.2, -0.15) is 22.0 Å². The minimum absolute atomic E-state index is 0.337. The number of aliphatic hydroxyl groups excluding tert-OH is 1. The van der Waals surface area contributed by atoms with Crippen LogP contribution in [0.4, 0.5) is 42.2 Å². The lowest BCUT2D eigenvalue weighted by atomic mass is 9.84. The summed E-state index contributed by atoms with van der Waals surface area (Å²) in [6.45, 7) is 1.28. The molecule has 0 spiro atoms. The van der Waals surface area contributed by atoms with E-state index in [0.29, 0.717) is 49.2 Å². The molecular formula is C32H27F7N8O2. The quantitative estimate of drug-likeness (QED) is 0.206. The van der Waals surface area contributed by atoms with Crippen LogP contribution in [-0.2, 0) is 18.1 Å². The van der Waals surface area contributed by atoms with E-state index in [9.17, 15) is 32.2 Å². The number of rotatable bonds is 9. The van der Waals surface area contributed by atoms with E-state index in [4.69, 9.17) is 0 Å². The fraction of sp³-hybridized carbons (Fsp3) is 0.281. The van der Waals surface area contributed by atoms with Crippen LogP contribution < -0.4 is 9.80 Å². The Morgan fingerprint density at radius 3 is 2.04 bits per heavy atom. The molecular weight excluding hydrogens is 661 g/mol. The monoisotopic (exact) mass is 688 g/mol. The first-order chi connectivity index (χ1) is 23.3. The van der Waals surface area contributed by atoms with E-state index in [1.165, 1.54) is 24.4 Å². The van der Waals surface area contributed by atoms with Gasteiger partial charge in [-0.1, -0.05) is 24.3 Å². The zero-order valence-electron chi connectivity index (χ0n) is 25.3. The highest BCUT2D eigenvalue weighted by atomic mass is 19.4. The van der Waals surface area contributed by atoms with E-state index >= 15 is 8.78 Å². The minimum Gasteiger partial charge on any atom is -0.379 e. The summed E-state index contributed by atoms with van der Waals surface area (Å²) in [7, 11) is 0. The first-order valence-corrected chi connectivity index (χ1v) is 14.8. The Morgan fingerprint density at radius 1 is 0.776 bits per heavy atom. The molecule has 2 N–H and O–H groups in total. The number of piperazine rings is 1. The van der Waals surface area contributed by atoms with Crippen molar-refractivity contribution < 1.29 is 40.9 Å². The van der Waals surface area contributed by atoms with Crippen molar-refractivity contribution in [2.75, 3.05) is 36.0 Å². The molecule has 2 atom stereocenters. The number of hydrogen-bond donors (Lipinski definition) is 2. The highest BCUT2D eigenvalue weighted by Crippen LogP contribution is 2.47. The Bertz CT molecular complexity index is 1870. The van der Waals surface area contributed by atoms with Crippen molar-refractivity contribution in [3.05, 3.63) is 114 Å². The molecule has 0 saturated carbocycles. The first-order valence-electron chi connectivity index (χ1n) is 14.8. The van der Waals surface area contributed by atoms with Gasteiger partial charge < -0.3 is 20.0 Å². The van der Waals surface area contributed by atoms with E-state index in [-0.39, 0.29) is 5.56 Å². The predicted octanol–water partition coefficient (Wildman–Crippen LogP) is 5.01. The van der Waals surface area contributed by atoms with Crippen LogP contribution in [0.5, 0.6) is 0 Å². The number of pyridine rings is 2. The van der Waals surface area contributed by atoms with Gasteiger partial charge in [-0.3, -0.25) is 4.98 Å². The van der Waals surface area contributed by atoms with Gasteiger partial charge in [0.2, 0.25) is 0 Å². The number of aromatic nitrogens is 6. The molecule has 4 heterocycles. The van der Waals surface area contributed by atoms with Gasteiger partial charge in [0.1, 0.15) is 29.5 Å². The number of alkyl halides is 5. The third-order valence-electron chi connectivity index (χ3n) is 8.33. The largest absolute Gasteiger partial charge is 0.418 e. The fourth-order valence-corrected chi connectivity index (χ4v) is 5.62. The number of anilines is 2. The molecule has 6 rings (SSSR count). The second-order valence-corrected chi connectivity index (χ2v) is 11.4. The van der Waals surface area contributed by atoms with Crippen LogP contribution in [0.3, 0.4) is 0 Å². The van der Waals surface area contributed by atoms with Gasteiger partial charge in [0.15, 0.2) is 11.7 Å². The standard InChI is InChI=1S/C32H27F7N8O2/c33-23-5-8-25(26(34)15-23)30(49,18-47-19-42-43-44-47)31(35,36)27-9-3-21(16-40-27)20-1-6-24(7-2-20)45-11-13-46(14-12-45)28-10-4-22(17-41-28)29(48)32(37,38)39/h1-10,15-17,19,29,48-49H,11-14,18H2/t29-,30+/m1/s1. The number of benzene rings is 2. The predicted molar refractivity (Wildman–Crippen MR) is 161 cm³/mol. The highest BCUT2D eigenvalue weighted by molar-refractivity contribution is 5.66. The van der Waals surface area contributed by atoms with Crippen LogP contribution >= 0.6 is 0 Å². The smallest absolute Gasteiger partial charge is 0.379 e. The zero-order chi connectivity index (χ0) is 35.0. The lowest BCUT2D eigenvalue weighted by Crippen LogP contribution is -2.48. The first kappa shape index (κ1) is 33.7. The molecule has 0 aliphatic carbocycles. The number of aliphatic hydroxyl groups is 2. The number of halogens is 7.